The molecule has 13 heavy (non-hydrogen) atoms. The number of fused-ring (bicyclic) bond motifs is 1. The maximum Gasteiger partial charge on any atom is 0.348 e. The Morgan fingerprint density at radius 2 is 2.31 bits per heavy atom. The molecule has 0 aromatic rings. The molecule has 1 saturated heterocycles. The van der Waals surface area contributed by atoms with E-state index >= 15 is 0 Å². The number of carboxylic acids is 1. The van der Waals surface area contributed by atoms with Gasteiger partial charge in [0, 0.05) is 5.92 Å². The van der Waals surface area contributed by atoms with Gasteiger partial charge in [0.25, 0.3) is 0 Å². The monoisotopic (exact) mass is 184 g/mol. The van der Waals surface area contributed by atoms with Gasteiger partial charge in [0.15, 0.2) is 0 Å². The number of carboxylic acid groups (broad SMARTS) is 1. The molecule has 0 amide bonds. The maximum absolute atomic E-state index is 11.0. The van der Waals surface area contributed by atoms with E-state index in [4.69, 9.17) is 9.84 Å². The Morgan fingerprint density at radius 1 is 1.54 bits per heavy atom. The van der Waals surface area contributed by atoms with Crippen LogP contribution in [0.2, 0.25) is 0 Å². The van der Waals surface area contributed by atoms with E-state index < -0.39 is 11.6 Å². The van der Waals surface area contributed by atoms with Crippen molar-refractivity contribution in [2.24, 2.45) is 5.92 Å². The lowest BCUT2D eigenvalue weighted by molar-refractivity contribution is -0.175. The highest BCUT2D eigenvalue weighted by Crippen LogP contribution is 2.44. The predicted molar refractivity (Wildman–Crippen MR) is 43.0 cm³/mol. The maximum atomic E-state index is 11.0. The van der Waals surface area contributed by atoms with Crippen LogP contribution in [0.4, 0.5) is 0 Å². The van der Waals surface area contributed by atoms with E-state index in [-0.39, 0.29) is 18.3 Å². The lowest BCUT2D eigenvalue weighted by Gasteiger charge is -2.32. The highest BCUT2D eigenvalue weighted by molar-refractivity contribution is 5.86. The molecule has 0 radical (unpaired) electrons. The summed E-state index contributed by atoms with van der Waals surface area (Å²) in [5.41, 5.74) is -1.17. The lowest BCUT2D eigenvalue weighted by atomic mass is 9.75. The van der Waals surface area contributed by atoms with Crippen LogP contribution in [0.1, 0.15) is 32.1 Å². The van der Waals surface area contributed by atoms with E-state index in [0.717, 1.165) is 19.3 Å². The fourth-order valence-corrected chi connectivity index (χ4v) is 2.39. The van der Waals surface area contributed by atoms with E-state index in [1.165, 1.54) is 0 Å². The van der Waals surface area contributed by atoms with Crippen molar-refractivity contribution in [3.63, 3.8) is 0 Å². The van der Waals surface area contributed by atoms with Gasteiger partial charge >= 0.3 is 11.9 Å². The van der Waals surface area contributed by atoms with Gasteiger partial charge in [0.1, 0.15) is 0 Å². The van der Waals surface area contributed by atoms with Crippen molar-refractivity contribution in [3.05, 3.63) is 0 Å². The first-order chi connectivity index (χ1) is 6.15. The summed E-state index contributed by atoms with van der Waals surface area (Å²) in [6, 6.07) is 0. The van der Waals surface area contributed by atoms with E-state index in [1.54, 1.807) is 0 Å². The Labute approximate surface area is 75.9 Å². The van der Waals surface area contributed by atoms with Crippen LogP contribution in [0.15, 0.2) is 0 Å². The molecule has 4 heteroatoms. The number of rotatable bonds is 1. The first-order valence-corrected chi connectivity index (χ1v) is 4.60. The van der Waals surface area contributed by atoms with Crippen LogP contribution >= 0.6 is 0 Å². The Morgan fingerprint density at radius 3 is 2.92 bits per heavy atom. The number of esters is 1. The topological polar surface area (TPSA) is 63.6 Å². The van der Waals surface area contributed by atoms with Gasteiger partial charge in [-0.2, -0.15) is 0 Å². The Hall–Kier alpha value is -1.06. The van der Waals surface area contributed by atoms with Crippen LogP contribution in [0, 0.1) is 5.92 Å². The van der Waals surface area contributed by atoms with Gasteiger partial charge in [-0.05, 0) is 19.3 Å². The van der Waals surface area contributed by atoms with Crippen molar-refractivity contribution in [3.8, 4) is 0 Å². The first-order valence-electron chi connectivity index (χ1n) is 4.60. The lowest BCUT2D eigenvalue weighted by Crippen LogP contribution is -2.46. The van der Waals surface area contributed by atoms with Crippen molar-refractivity contribution in [2.75, 3.05) is 0 Å². The molecule has 1 N–H and O–H groups in total. The van der Waals surface area contributed by atoms with Gasteiger partial charge in [0.05, 0.1) is 6.42 Å². The van der Waals surface area contributed by atoms with Gasteiger partial charge in [0.2, 0.25) is 5.60 Å². The summed E-state index contributed by atoms with van der Waals surface area (Å²) in [7, 11) is 0. The quantitative estimate of drug-likeness (QED) is 0.616. The molecule has 0 aromatic carbocycles. The number of hydrogen-bond donors (Lipinski definition) is 1. The molecular formula is C9H12O4. The molecule has 2 rings (SSSR count). The molecule has 1 saturated carbocycles. The standard InChI is InChI=1S/C9H12O4/c10-7-5-6-3-1-2-4-9(6,13-7)8(11)12/h6H,1-5H2,(H,11,12). The summed E-state index contributed by atoms with van der Waals surface area (Å²) in [5, 5.41) is 9.04. The third-order valence-corrected chi connectivity index (χ3v) is 3.08. The summed E-state index contributed by atoms with van der Waals surface area (Å²) in [6.45, 7) is 0. The molecule has 2 unspecified atom stereocenters. The second kappa shape index (κ2) is 2.72. The van der Waals surface area contributed by atoms with Crippen LogP contribution in [-0.4, -0.2) is 22.6 Å². The third-order valence-electron chi connectivity index (χ3n) is 3.08. The Bertz CT molecular complexity index is 260. The molecule has 1 aliphatic carbocycles. The summed E-state index contributed by atoms with van der Waals surface area (Å²) < 4.78 is 4.98. The van der Waals surface area contributed by atoms with Crippen molar-refractivity contribution < 1.29 is 19.4 Å². The van der Waals surface area contributed by atoms with Gasteiger partial charge in [-0.15, -0.1) is 0 Å². The number of carbonyl (C=O) groups excluding carboxylic acids is 1. The van der Waals surface area contributed by atoms with Gasteiger partial charge in [-0.25, -0.2) is 4.79 Å². The van der Waals surface area contributed by atoms with Gasteiger partial charge < -0.3 is 9.84 Å². The molecule has 0 aromatic heterocycles. The van der Waals surface area contributed by atoms with E-state index in [1.807, 2.05) is 0 Å². The van der Waals surface area contributed by atoms with E-state index in [9.17, 15) is 9.59 Å². The summed E-state index contributed by atoms with van der Waals surface area (Å²) in [5.74, 6) is -1.41. The number of aliphatic carboxylic acids is 1. The minimum absolute atomic E-state index is 0.0914. The van der Waals surface area contributed by atoms with Crippen LogP contribution in [0.3, 0.4) is 0 Å². The fraction of sp³-hybridized carbons (Fsp3) is 0.778. The molecule has 2 atom stereocenters. The number of carbonyl (C=O) groups is 2. The van der Waals surface area contributed by atoms with Crippen LogP contribution in [-0.2, 0) is 14.3 Å². The molecule has 2 fully saturated rings. The van der Waals surface area contributed by atoms with Crippen LogP contribution < -0.4 is 0 Å². The average molecular weight is 184 g/mol. The molecule has 0 spiro atoms. The van der Waals surface area contributed by atoms with Crippen molar-refractivity contribution in [2.45, 2.75) is 37.7 Å². The highest BCUT2D eigenvalue weighted by atomic mass is 16.6. The minimum atomic E-state index is -1.17. The second-order valence-electron chi connectivity index (χ2n) is 3.82. The van der Waals surface area contributed by atoms with E-state index in [2.05, 4.69) is 0 Å². The molecule has 72 valence electrons. The Balaban J connectivity index is 2.29. The molecule has 1 aliphatic heterocycles. The first kappa shape index (κ1) is 8.53. The molecule has 4 nitrogen and oxygen atoms in total. The SMILES string of the molecule is O=C1CC2CCCCC2(C(=O)O)O1. The van der Waals surface area contributed by atoms with Crippen LogP contribution in [0.25, 0.3) is 0 Å². The van der Waals surface area contributed by atoms with Crippen molar-refractivity contribution >= 4 is 11.9 Å². The largest absolute Gasteiger partial charge is 0.478 e. The molecule has 0 bridgehead atoms. The second-order valence-corrected chi connectivity index (χ2v) is 3.82. The number of ether oxygens (including phenoxy) is 1. The van der Waals surface area contributed by atoms with Crippen LogP contribution in [0.5, 0.6) is 0 Å². The molecule has 2 aliphatic rings. The summed E-state index contributed by atoms with van der Waals surface area (Å²) in [4.78, 5) is 22.1. The highest BCUT2D eigenvalue weighted by Gasteiger charge is 2.55. The zero-order valence-electron chi connectivity index (χ0n) is 7.28. The van der Waals surface area contributed by atoms with Gasteiger partial charge in [-0.3, -0.25) is 4.79 Å². The molecular weight excluding hydrogens is 172 g/mol. The fourth-order valence-electron chi connectivity index (χ4n) is 2.39. The summed E-state index contributed by atoms with van der Waals surface area (Å²) >= 11 is 0. The predicted octanol–water partition coefficient (Wildman–Crippen LogP) is 0.947. The average Bonchev–Trinajstić information content (AvgIpc) is 2.41. The smallest absolute Gasteiger partial charge is 0.348 e. The third kappa shape index (κ3) is 1.12. The number of hydrogen-bond acceptors (Lipinski definition) is 3. The zero-order chi connectivity index (χ0) is 9.47. The Kier molecular flexibility index (Phi) is 1.78. The summed E-state index contributed by atoms with van der Waals surface area (Å²) in [6.07, 6.45) is 3.43. The van der Waals surface area contributed by atoms with E-state index in [0.29, 0.717) is 6.42 Å². The normalized spacial score (nSPS) is 38.2. The van der Waals surface area contributed by atoms with Gasteiger partial charge in [-0.1, -0.05) is 6.42 Å². The van der Waals surface area contributed by atoms with Crippen molar-refractivity contribution in [1.29, 1.82) is 0 Å². The van der Waals surface area contributed by atoms with Crippen molar-refractivity contribution in [1.82, 2.24) is 0 Å². The minimum Gasteiger partial charge on any atom is -0.478 e. The molecule has 1 heterocycles. The zero-order valence-corrected chi connectivity index (χ0v) is 7.28.